The van der Waals surface area contributed by atoms with Gasteiger partial charge in [0.1, 0.15) is 5.82 Å². The molecule has 8 heteroatoms. The Morgan fingerprint density at radius 3 is 2.44 bits per heavy atom. The van der Waals surface area contributed by atoms with Crippen molar-refractivity contribution < 1.29 is 14.0 Å². The molecule has 1 unspecified atom stereocenters. The molecule has 0 aliphatic carbocycles. The minimum atomic E-state index is -0.801. The topological polar surface area (TPSA) is 78.7 Å². The third kappa shape index (κ3) is 6.45. The molecular weight excluding hydrogens is 371 g/mol. The van der Waals surface area contributed by atoms with Gasteiger partial charge in [-0.05, 0) is 25.5 Å². The molecule has 1 fully saturated rings. The number of halogens is 2. The Bertz CT molecular complexity index is 634. The lowest BCUT2D eigenvalue weighted by molar-refractivity contribution is -0.138. The van der Waals surface area contributed by atoms with E-state index in [-0.39, 0.29) is 23.9 Å². The van der Waals surface area contributed by atoms with E-state index in [4.69, 9.17) is 5.73 Å². The second-order valence-electron chi connectivity index (χ2n) is 7.04. The highest BCUT2D eigenvalue weighted by Gasteiger charge is 2.33. The molecular formula is C19H30ClFN4O2. The van der Waals surface area contributed by atoms with Gasteiger partial charge in [0.25, 0.3) is 5.91 Å². The molecule has 2 rings (SSSR count). The third-order valence-electron chi connectivity index (χ3n) is 4.75. The number of amides is 2. The molecule has 1 aliphatic heterocycles. The van der Waals surface area contributed by atoms with Gasteiger partial charge in [-0.2, -0.15) is 0 Å². The number of piperazine rings is 1. The largest absolute Gasteiger partial charge is 0.351 e. The van der Waals surface area contributed by atoms with Crippen molar-refractivity contribution in [3.05, 3.63) is 35.6 Å². The van der Waals surface area contributed by atoms with Crippen molar-refractivity contribution in [2.45, 2.75) is 32.2 Å². The lowest BCUT2D eigenvalue weighted by atomic mass is 9.95. The molecule has 1 aromatic carbocycles. The summed E-state index contributed by atoms with van der Waals surface area (Å²) in [6, 6.07) is 5.93. The number of rotatable bonds is 7. The molecule has 3 N–H and O–H groups in total. The Kier molecular flexibility index (Phi) is 9.15. The normalized spacial score (nSPS) is 17.0. The molecule has 6 nitrogen and oxygen atoms in total. The Labute approximate surface area is 166 Å². The van der Waals surface area contributed by atoms with E-state index < -0.39 is 17.3 Å². The van der Waals surface area contributed by atoms with Gasteiger partial charge in [0.05, 0.1) is 11.1 Å². The van der Waals surface area contributed by atoms with Crippen molar-refractivity contribution in [2.75, 3.05) is 39.3 Å². The highest BCUT2D eigenvalue weighted by atomic mass is 35.5. The van der Waals surface area contributed by atoms with Crippen LogP contribution in [0.2, 0.25) is 0 Å². The van der Waals surface area contributed by atoms with E-state index in [1.807, 2.05) is 11.8 Å². The lowest BCUT2D eigenvalue weighted by Gasteiger charge is -2.38. The van der Waals surface area contributed by atoms with Gasteiger partial charge in [-0.15, -0.1) is 12.4 Å². The number of nitrogens with two attached hydrogens (primary N) is 1. The van der Waals surface area contributed by atoms with Crippen LogP contribution in [0.15, 0.2) is 24.3 Å². The minimum Gasteiger partial charge on any atom is -0.351 e. The van der Waals surface area contributed by atoms with Crippen LogP contribution < -0.4 is 11.1 Å². The molecule has 27 heavy (non-hydrogen) atoms. The third-order valence-corrected chi connectivity index (χ3v) is 4.75. The van der Waals surface area contributed by atoms with Gasteiger partial charge < -0.3 is 16.0 Å². The molecule has 0 radical (unpaired) electrons. The van der Waals surface area contributed by atoms with E-state index in [2.05, 4.69) is 10.2 Å². The summed E-state index contributed by atoms with van der Waals surface area (Å²) in [6.07, 6.45) is 1.55. The maximum Gasteiger partial charge on any atom is 0.254 e. The predicted octanol–water partition coefficient (Wildman–Crippen LogP) is 1.64. The average Bonchev–Trinajstić information content (AvgIpc) is 2.62. The quantitative estimate of drug-likeness (QED) is 0.729. The number of nitrogens with one attached hydrogen (secondary N) is 1. The van der Waals surface area contributed by atoms with Crippen LogP contribution in [-0.4, -0.2) is 66.4 Å². The van der Waals surface area contributed by atoms with Gasteiger partial charge >= 0.3 is 0 Å². The number of hydrogen-bond acceptors (Lipinski definition) is 4. The Morgan fingerprint density at radius 2 is 1.85 bits per heavy atom. The monoisotopic (exact) mass is 400 g/mol. The fourth-order valence-electron chi connectivity index (χ4n) is 3.23. The minimum absolute atomic E-state index is 0. The van der Waals surface area contributed by atoms with Crippen LogP contribution in [0.5, 0.6) is 0 Å². The van der Waals surface area contributed by atoms with Crippen molar-refractivity contribution in [2.24, 2.45) is 5.73 Å². The Morgan fingerprint density at radius 1 is 1.22 bits per heavy atom. The van der Waals surface area contributed by atoms with Crippen molar-refractivity contribution >= 4 is 24.2 Å². The summed E-state index contributed by atoms with van der Waals surface area (Å²) in [5.41, 5.74) is 5.39. The predicted molar refractivity (Wildman–Crippen MR) is 107 cm³/mol. The van der Waals surface area contributed by atoms with E-state index in [1.54, 1.807) is 19.1 Å². The fraction of sp³-hybridized carbons (Fsp3) is 0.579. The van der Waals surface area contributed by atoms with Crippen molar-refractivity contribution in [3.63, 3.8) is 0 Å². The van der Waals surface area contributed by atoms with Gasteiger partial charge in [-0.25, -0.2) is 4.39 Å². The van der Waals surface area contributed by atoms with Gasteiger partial charge in [0.15, 0.2) is 0 Å². The van der Waals surface area contributed by atoms with Gasteiger partial charge in [0.2, 0.25) is 5.91 Å². The van der Waals surface area contributed by atoms with E-state index >= 15 is 0 Å². The molecule has 1 atom stereocenters. The number of hydrogen-bond donors (Lipinski definition) is 2. The summed E-state index contributed by atoms with van der Waals surface area (Å²) in [5, 5.41) is 2.74. The van der Waals surface area contributed by atoms with Gasteiger partial charge in [0, 0.05) is 39.3 Å². The van der Waals surface area contributed by atoms with Crippen LogP contribution in [0, 0.1) is 5.82 Å². The maximum atomic E-state index is 13.6. The first-order valence-electron chi connectivity index (χ1n) is 9.18. The molecule has 0 bridgehead atoms. The first-order chi connectivity index (χ1) is 12.3. The molecule has 152 valence electrons. The molecule has 1 saturated heterocycles. The zero-order chi connectivity index (χ0) is 19.2. The standard InChI is InChI=1S/C19H29FN4O2.ClH/c1-3-8-19(2,21)18(26)24-13-11-23(12-14-24)10-9-22-17(25)15-6-4-5-7-16(15)20;/h4-7H,3,8-14,21H2,1-2H3,(H,22,25);1H. The van der Waals surface area contributed by atoms with Crippen LogP contribution in [0.4, 0.5) is 4.39 Å². The van der Waals surface area contributed by atoms with Crippen LogP contribution in [0.25, 0.3) is 0 Å². The second kappa shape index (κ2) is 10.6. The van der Waals surface area contributed by atoms with Crippen molar-refractivity contribution in [1.82, 2.24) is 15.1 Å². The number of carbonyl (C=O) groups is 2. The van der Waals surface area contributed by atoms with Crippen molar-refractivity contribution in [1.29, 1.82) is 0 Å². The van der Waals surface area contributed by atoms with Gasteiger partial charge in [-0.3, -0.25) is 14.5 Å². The van der Waals surface area contributed by atoms with Crippen molar-refractivity contribution in [3.8, 4) is 0 Å². The summed E-state index contributed by atoms with van der Waals surface area (Å²) in [7, 11) is 0. The summed E-state index contributed by atoms with van der Waals surface area (Å²) in [6.45, 7) is 7.66. The molecule has 1 aliphatic rings. The first kappa shape index (κ1) is 23.3. The molecule has 0 saturated carbocycles. The van der Waals surface area contributed by atoms with Crippen LogP contribution >= 0.6 is 12.4 Å². The Balaban J connectivity index is 0.00000364. The van der Waals surface area contributed by atoms with E-state index in [0.29, 0.717) is 32.6 Å². The number of carbonyl (C=O) groups excluding carboxylic acids is 2. The van der Waals surface area contributed by atoms with E-state index in [1.165, 1.54) is 12.1 Å². The van der Waals surface area contributed by atoms with E-state index in [9.17, 15) is 14.0 Å². The number of benzene rings is 1. The SMILES string of the molecule is CCCC(C)(N)C(=O)N1CCN(CCNC(=O)c2ccccc2F)CC1.Cl. The Hall–Kier alpha value is -1.70. The maximum absolute atomic E-state index is 13.6. The smallest absolute Gasteiger partial charge is 0.254 e. The highest BCUT2D eigenvalue weighted by molar-refractivity contribution is 5.94. The molecule has 1 aromatic rings. The fourth-order valence-corrected chi connectivity index (χ4v) is 3.23. The average molecular weight is 401 g/mol. The number of nitrogens with zero attached hydrogens (tertiary/aromatic N) is 2. The highest BCUT2D eigenvalue weighted by Crippen LogP contribution is 2.14. The molecule has 0 spiro atoms. The summed E-state index contributed by atoms with van der Waals surface area (Å²) < 4.78 is 13.6. The first-order valence-corrected chi connectivity index (χ1v) is 9.18. The molecule has 0 aromatic heterocycles. The summed E-state index contributed by atoms with van der Waals surface area (Å²) in [5.74, 6) is -0.920. The summed E-state index contributed by atoms with van der Waals surface area (Å²) >= 11 is 0. The molecule has 1 heterocycles. The zero-order valence-electron chi connectivity index (χ0n) is 16.0. The van der Waals surface area contributed by atoms with Crippen LogP contribution in [0.1, 0.15) is 37.0 Å². The van der Waals surface area contributed by atoms with Crippen LogP contribution in [0.3, 0.4) is 0 Å². The zero-order valence-corrected chi connectivity index (χ0v) is 16.9. The molecule has 2 amide bonds. The lowest BCUT2D eigenvalue weighted by Crippen LogP contribution is -2.58. The second-order valence-corrected chi connectivity index (χ2v) is 7.04. The van der Waals surface area contributed by atoms with E-state index in [0.717, 1.165) is 19.5 Å². The van der Waals surface area contributed by atoms with Gasteiger partial charge in [-0.1, -0.05) is 25.5 Å². The summed E-state index contributed by atoms with van der Waals surface area (Å²) in [4.78, 5) is 28.5. The van der Waals surface area contributed by atoms with Crippen LogP contribution in [-0.2, 0) is 4.79 Å².